The van der Waals surface area contributed by atoms with E-state index in [2.05, 4.69) is 12.2 Å². The Balaban J connectivity index is 0.00000200. The molecular formula is C16H25ClN2O. The van der Waals surface area contributed by atoms with Gasteiger partial charge >= 0.3 is 0 Å². The lowest BCUT2D eigenvalue weighted by Gasteiger charge is -2.34. The zero-order chi connectivity index (χ0) is 13.7. The van der Waals surface area contributed by atoms with Gasteiger partial charge in [-0.1, -0.05) is 32.3 Å². The van der Waals surface area contributed by atoms with E-state index in [4.69, 9.17) is 5.73 Å². The summed E-state index contributed by atoms with van der Waals surface area (Å²) in [5, 5.41) is 3.20. The number of benzene rings is 1. The summed E-state index contributed by atoms with van der Waals surface area (Å²) in [6, 6.07) is 7.53. The monoisotopic (exact) mass is 296 g/mol. The van der Waals surface area contributed by atoms with Crippen LogP contribution in [0, 0.1) is 5.92 Å². The van der Waals surface area contributed by atoms with Crippen LogP contribution >= 0.6 is 12.4 Å². The van der Waals surface area contributed by atoms with Crippen LogP contribution in [0.25, 0.3) is 0 Å². The summed E-state index contributed by atoms with van der Waals surface area (Å²) >= 11 is 0. The van der Waals surface area contributed by atoms with E-state index in [-0.39, 0.29) is 18.3 Å². The molecule has 0 heterocycles. The predicted molar refractivity (Wildman–Crippen MR) is 86.2 cm³/mol. The Morgan fingerprint density at radius 1 is 1.45 bits per heavy atom. The molecular weight excluding hydrogens is 272 g/mol. The molecule has 1 fully saturated rings. The fourth-order valence-electron chi connectivity index (χ4n) is 2.62. The predicted octanol–water partition coefficient (Wildman–Crippen LogP) is 3.78. The summed E-state index contributed by atoms with van der Waals surface area (Å²) in [6.45, 7) is 2.19. The number of rotatable bonds is 6. The smallest absolute Gasteiger partial charge is 0.251 e. The molecule has 0 radical (unpaired) electrons. The van der Waals surface area contributed by atoms with Gasteiger partial charge in [0.15, 0.2) is 0 Å². The molecule has 20 heavy (non-hydrogen) atoms. The molecule has 0 bridgehead atoms. The van der Waals surface area contributed by atoms with Crippen LogP contribution in [-0.2, 0) is 0 Å². The fraction of sp³-hybridized carbons (Fsp3) is 0.562. The fourth-order valence-corrected chi connectivity index (χ4v) is 2.62. The molecule has 1 amide bonds. The van der Waals surface area contributed by atoms with Crippen molar-refractivity contribution >= 4 is 24.0 Å². The molecule has 3 N–H and O–H groups in total. The first-order valence-corrected chi connectivity index (χ1v) is 7.37. The molecule has 0 spiro atoms. The van der Waals surface area contributed by atoms with Crippen molar-refractivity contribution in [3.05, 3.63) is 29.8 Å². The Morgan fingerprint density at radius 2 is 2.20 bits per heavy atom. The highest BCUT2D eigenvalue weighted by Gasteiger charge is 2.28. The summed E-state index contributed by atoms with van der Waals surface area (Å²) < 4.78 is 0. The number of amides is 1. The summed E-state index contributed by atoms with van der Waals surface area (Å²) in [5.74, 6) is 0.692. The van der Waals surface area contributed by atoms with E-state index in [1.807, 2.05) is 12.1 Å². The molecule has 0 saturated heterocycles. The molecule has 1 aliphatic carbocycles. The summed E-state index contributed by atoms with van der Waals surface area (Å²) in [6.07, 6.45) is 7.27. The van der Waals surface area contributed by atoms with Crippen molar-refractivity contribution in [2.75, 3.05) is 5.73 Å². The minimum atomic E-state index is 0. The van der Waals surface area contributed by atoms with Gasteiger partial charge in [-0.2, -0.15) is 0 Å². The van der Waals surface area contributed by atoms with Gasteiger partial charge in [0.05, 0.1) is 0 Å². The Labute approximate surface area is 127 Å². The van der Waals surface area contributed by atoms with Crippen LogP contribution in [0.5, 0.6) is 0 Å². The van der Waals surface area contributed by atoms with E-state index in [0.29, 0.717) is 23.2 Å². The van der Waals surface area contributed by atoms with Gasteiger partial charge < -0.3 is 11.1 Å². The number of anilines is 1. The standard InChI is InChI=1S/C16H24N2O.ClH/c1-2-3-10-15(12-6-4-7-12)18-16(19)13-8-5-9-14(17)11-13;/h5,8-9,11-12,15H,2-4,6-7,10,17H2,1H3,(H,18,19);1H. The van der Waals surface area contributed by atoms with Crippen LogP contribution in [0.1, 0.15) is 55.8 Å². The van der Waals surface area contributed by atoms with Crippen molar-refractivity contribution < 1.29 is 4.79 Å². The molecule has 1 unspecified atom stereocenters. The van der Waals surface area contributed by atoms with E-state index in [0.717, 1.165) is 6.42 Å². The maximum atomic E-state index is 12.2. The van der Waals surface area contributed by atoms with Crippen molar-refractivity contribution in [1.82, 2.24) is 5.32 Å². The number of carbonyl (C=O) groups excluding carboxylic acids is 1. The van der Waals surface area contributed by atoms with Crippen LogP contribution in [0.15, 0.2) is 24.3 Å². The van der Waals surface area contributed by atoms with Crippen molar-refractivity contribution in [2.45, 2.75) is 51.5 Å². The Bertz CT molecular complexity index is 432. The Hall–Kier alpha value is -1.22. The van der Waals surface area contributed by atoms with Crippen LogP contribution in [-0.4, -0.2) is 11.9 Å². The third-order valence-electron chi connectivity index (χ3n) is 4.05. The van der Waals surface area contributed by atoms with Crippen LogP contribution in [0.4, 0.5) is 5.69 Å². The molecule has 112 valence electrons. The van der Waals surface area contributed by atoms with Gasteiger partial charge in [-0.25, -0.2) is 0 Å². The Morgan fingerprint density at radius 3 is 2.75 bits per heavy atom. The molecule has 1 saturated carbocycles. The SMILES string of the molecule is CCCCC(NC(=O)c1cccc(N)c1)C1CCC1.Cl. The minimum absolute atomic E-state index is 0. The highest BCUT2D eigenvalue weighted by molar-refractivity contribution is 5.95. The zero-order valence-corrected chi connectivity index (χ0v) is 12.9. The summed E-state index contributed by atoms with van der Waals surface area (Å²) in [5.41, 5.74) is 7.03. The van der Waals surface area contributed by atoms with Crippen LogP contribution in [0.2, 0.25) is 0 Å². The minimum Gasteiger partial charge on any atom is -0.399 e. The van der Waals surface area contributed by atoms with Crippen LogP contribution < -0.4 is 11.1 Å². The second-order valence-electron chi connectivity index (χ2n) is 5.54. The number of carbonyl (C=O) groups is 1. The number of nitrogen functional groups attached to an aromatic ring is 1. The second-order valence-corrected chi connectivity index (χ2v) is 5.54. The molecule has 0 aliphatic heterocycles. The van der Waals surface area contributed by atoms with E-state index < -0.39 is 0 Å². The average Bonchev–Trinajstić information content (AvgIpc) is 2.33. The number of hydrogen-bond acceptors (Lipinski definition) is 2. The maximum absolute atomic E-state index is 12.2. The maximum Gasteiger partial charge on any atom is 0.251 e. The number of unbranched alkanes of at least 4 members (excludes halogenated alkanes) is 1. The van der Waals surface area contributed by atoms with Crippen molar-refractivity contribution in [2.24, 2.45) is 5.92 Å². The first kappa shape index (κ1) is 16.8. The quantitative estimate of drug-likeness (QED) is 0.785. The largest absolute Gasteiger partial charge is 0.399 e. The first-order valence-electron chi connectivity index (χ1n) is 7.37. The molecule has 4 heteroatoms. The van der Waals surface area contributed by atoms with Gasteiger partial charge in [-0.15, -0.1) is 12.4 Å². The van der Waals surface area contributed by atoms with Gasteiger partial charge in [-0.3, -0.25) is 4.79 Å². The van der Waals surface area contributed by atoms with Gasteiger partial charge in [0.2, 0.25) is 0 Å². The molecule has 1 atom stereocenters. The lowest BCUT2D eigenvalue weighted by atomic mass is 9.78. The van der Waals surface area contributed by atoms with Crippen molar-refractivity contribution in [3.8, 4) is 0 Å². The number of nitrogens with one attached hydrogen (secondary N) is 1. The lowest BCUT2D eigenvalue weighted by molar-refractivity contribution is 0.0895. The van der Waals surface area contributed by atoms with Gasteiger partial charge in [0.1, 0.15) is 0 Å². The molecule has 2 rings (SSSR count). The molecule has 1 aliphatic rings. The lowest BCUT2D eigenvalue weighted by Crippen LogP contribution is -2.42. The Kier molecular flexibility index (Phi) is 6.86. The van der Waals surface area contributed by atoms with Crippen molar-refractivity contribution in [3.63, 3.8) is 0 Å². The van der Waals surface area contributed by atoms with Crippen molar-refractivity contribution in [1.29, 1.82) is 0 Å². The number of hydrogen-bond donors (Lipinski definition) is 2. The topological polar surface area (TPSA) is 55.1 Å². The first-order chi connectivity index (χ1) is 9.20. The summed E-state index contributed by atoms with van der Waals surface area (Å²) in [7, 11) is 0. The van der Waals surface area contributed by atoms with Gasteiger partial charge in [-0.05, 0) is 43.4 Å². The number of nitrogens with two attached hydrogens (primary N) is 1. The number of halogens is 1. The molecule has 3 nitrogen and oxygen atoms in total. The van der Waals surface area contributed by atoms with E-state index >= 15 is 0 Å². The van der Waals surface area contributed by atoms with Gasteiger partial charge in [0.25, 0.3) is 5.91 Å². The van der Waals surface area contributed by atoms with Crippen LogP contribution in [0.3, 0.4) is 0 Å². The average molecular weight is 297 g/mol. The van der Waals surface area contributed by atoms with Gasteiger partial charge in [0, 0.05) is 17.3 Å². The normalized spacial score (nSPS) is 15.8. The van der Waals surface area contributed by atoms with E-state index in [1.165, 1.54) is 32.1 Å². The summed E-state index contributed by atoms with van der Waals surface area (Å²) in [4.78, 5) is 12.2. The molecule has 0 aromatic heterocycles. The molecule has 1 aromatic rings. The highest BCUT2D eigenvalue weighted by Crippen LogP contribution is 2.31. The second kappa shape index (κ2) is 8.15. The van der Waals surface area contributed by atoms with E-state index in [1.54, 1.807) is 12.1 Å². The third kappa shape index (κ3) is 4.41. The highest BCUT2D eigenvalue weighted by atomic mass is 35.5. The molecule has 1 aromatic carbocycles. The zero-order valence-electron chi connectivity index (χ0n) is 12.1. The van der Waals surface area contributed by atoms with E-state index in [9.17, 15) is 4.79 Å². The third-order valence-corrected chi connectivity index (χ3v) is 4.05.